The summed E-state index contributed by atoms with van der Waals surface area (Å²) in [6.07, 6.45) is 21.8. The van der Waals surface area contributed by atoms with Crippen LogP contribution in [0.3, 0.4) is 0 Å². The van der Waals surface area contributed by atoms with Crippen molar-refractivity contribution >= 4 is 0 Å². The van der Waals surface area contributed by atoms with Gasteiger partial charge < -0.3 is 0 Å². The quantitative estimate of drug-likeness (QED) is 0.252. The van der Waals surface area contributed by atoms with Crippen molar-refractivity contribution in [3.8, 4) is 0 Å². The predicted molar refractivity (Wildman–Crippen MR) is 172 cm³/mol. The third-order valence-electron chi connectivity index (χ3n) is 4.19. The van der Waals surface area contributed by atoms with E-state index in [4.69, 9.17) is 0 Å². The average molecular weight is 491 g/mol. The zero-order chi connectivity index (χ0) is 28.5. The molecule has 0 amide bonds. The summed E-state index contributed by atoms with van der Waals surface area (Å²) < 4.78 is 0. The van der Waals surface area contributed by atoms with E-state index in [1.165, 1.54) is 103 Å². The molecule has 0 rings (SSSR count). The second-order valence-corrected chi connectivity index (χ2v) is 10.4. The number of hydrogen-bond donors (Lipinski definition) is 0. The Bertz CT molecular complexity index is 177. The van der Waals surface area contributed by atoms with E-state index in [0.717, 1.165) is 11.8 Å². The fourth-order valence-electron chi connectivity index (χ4n) is 1.53. The molecular formula is C34H82. The highest BCUT2D eigenvalue weighted by Crippen LogP contribution is 2.00. The minimum Gasteiger partial charge on any atom is -0.0656 e. The van der Waals surface area contributed by atoms with Gasteiger partial charge in [0.1, 0.15) is 0 Å². The van der Waals surface area contributed by atoms with Crippen LogP contribution in [0, 0.1) is 11.8 Å². The minimum absolute atomic E-state index is 0.833. The van der Waals surface area contributed by atoms with E-state index in [1.807, 2.05) is 0 Å². The molecule has 0 aliphatic rings. The molecule has 0 aliphatic heterocycles. The lowest BCUT2D eigenvalue weighted by Gasteiger charge is -1.90. The molecule has 0 fully saturated rings. The van der Waals surface area contributed by atoms with Crippen molar-refractivity contribution in [3.63, 3.8) is 0 Å². The van der Waals surface area contributed by atoms with E-state index in [9.17, 15) is 0 Å². The first-order valence-electron chi connectivity index (χ1n) is 16.1. The minimum atomic E-state index is 0.833. The highest BCUT2D eigenvalue weighted by Gasteiger charge is 1.80. The van der Waals surface area contributed by atoms with Gasteiger partial charge in [-0.3, -0.25) is 0 Å². The topological polar surface area (TPSA) is 0 Å². The molecule has 0 saturated carbocycles. The lowest BCUT2D eigenvalue weighted by Crippen LogP contribution is -1.77. The molecule has 0 saturated heterocycles. The van der Waals surface area contributed by atoms with E-state index in [0.29, 0.717) is 0 Å². The summed E-state index contributed by atoms with van der Waals surface area (Å²) in [6, 6.07) is 0. The molecule has 0 aliphatic carbocycles. The van der Waals surface area contributed by atoms with Crippen LogP contribution in [0.2, 0.25) is 0 Å². The number of rotatable bonds is 11. The summed E-state index contributed by atoms with van der Waals surface area (Å²) in [5.41, 5.74) is 0. The Labute approximate surface area is 225 Å². The average Bonchev–Trinajstić information content (AvgIpc) is 2.80. The highest BCUT2D eigenvalue weighted by atomic mass is 13.9. The summed E-state index contributed by atoms with van der Waals surface area (Å²) in [5, 5.41) is 0. The van der Waals surface area contributed by atoms with Crippen LogP contribution in [0.5, 0.6) is 0 Å². The highest BCUT2D eigenvalue weighted by molar-refractivity contribution is 4.36. The second-order valence-electron chi connectivity index (χ2n) is 10.4. The van der Waals surface area contributed by atoms with Gasteiger partial charge in [-0.1, -0.05) is 214 Å². The number of hydrogen-bond acceptors (Lipinski definition) is 0. The summed E-state index contributed by atoms with van der Waals surface area (Å²) in [7, 11) is 0. The monoisotopic (exact) mass is 491 g/mol. The smallest absolute Gasteiger partial charge is 0.0474 e. The Kier molecular flexibility index (Phi) is 104. The molecule has 0 nitrogen and oxygen atoms in total. The van der Waals surface area contributed by atoms with Gasteiger partial charge in [0.15, 0.2) is 0 Å². The van der Waals surface area contributed by atoms with E-state index < -0.39 is 0 Å². The molecule has 34 heavy (non-hydrogen) atoms. The first-order valence-corrected chi connectivity index (χ1v) is 16.1. The largest absolute Gasteiger partial charge is 0.0656 e. The van der Waals surface area contributed by atoms with E-state index in [2.05, 4.69) is 111 Å². The van der Waals surface area contributed by atoms with Crippen molar-refractivity contribution in [3.05, 3.63) is 0 Å². The van der Waals surface area contributed by atoms with Crippen LogP contribution < -0.4 is 0 Å². The molecule has 0 spiro atoms. The molecule has 0 N–H and O–H groups in total. The molecule has 0 unspecified atom stereocenters. The van der Waals surface area contributed by atoms with Crippen molar-refractivity contribution in [2.24, 2.45) is 11.8 Å². The van der Waals surface area contributed by atoms with Crippen molar-refractivity contribution in [2.75, 3.05) is 0 Å². The van der Waals surface area contributed by atoms with E-state index >= 15 is 0 Å². The zero-order valence-electron chi connectivity index (χ0n) is 28.5. The Balaban J connectivity index is -0.0000000508. The molecule has 218 valence electrons. The predicted octanol–water partition coefficient (Wildman–Crippen LogP) is 14.7. The van der Waals surface area contributed by atoms with Crippen molar-refractivity contribution in [1.82, 2.24) is 0 Å². The summed E-state index contributed by atoms with van der Waals surface area (Å²) in [4.78, 5) is 0. The molecule has 0 heterocycles. The summed E-state index contributed by atoms with van der Waals surface area (Å²) in [6.45, 7) is 35.1. The maximum absolute atomic E-state index is 2.25. The van der Waals surface area contributed by atoms with Gasteiger partial charge in [-0.25, -0.2) is 0 Å². The van der Waals surface area contributed by atoms with Crippen molar-refractivity contribution in [1.29, 1.82) is 0 Å². The van der Waals surface area contributed by atoms with Gasteiger partial charge in [0.25, 0.3) is 0 Å². The second kappa shape index (κ2) is 69.8. The van der Waals surface area contributed by atoms with Gasteiger partial charge in [0.2, 0.25) is 0 Å². The van der Waals surface area contributed by atoms with Crippen molar-refractivity contribution < 1.29 is 0 Å². The molecule has 0 bridgehead atoms. The molecule has 0 aromatic carbocycles. The standard InChI is InChI=1S/C7H16.C6H14.2C5H12.2C4H10.C3H8/c1-3-5-7-6-4-2;1-3-5-6-4-2;1-4-5(2)3;1-3-5-4-2;1-4(2)3;1-3-4-2;1-3-2/h3-7H2,1-2H3;3-6H2,1-2H3;5H,4H2,1-3H3;3-5H2,1-2H3;4H,1-3H3;3-4H2,1-2H3;3H2,1-2H3. The fraction of sp³-hybridized carbons (Fsp3) is 1.00. The summed E-state index contributed by atoms with van der Waals surface area (Å²) >= 11 is 0. The maximum Gasteiger partial charge on any atom is -0.0474 e. The van der Waals surface area contributed by atoms with Gasteiger partial charge in [0, 0.05) is 0 Å². The van der Waals surface area contributed by atoms with Crippen molar-refractivity contribution in [2.45, 2.75) is 214 Å². The lowest BCUT2D eigenvalue weighted by molar-refractivity contribution is 0.626. The summed E-state index contributed by atoms with van der Waals surface area (Å²) in [5.74, 6) is 1.72. The molecule has 0 aromatic rings. The van der Waals surface area contributed by atoms with Gasteiger partial charge in [-0.05, 0) is 11.8 Å². The van der Waals surface area contributed by atoms with Crippen LogP contribution in [0.1, 0.15) is 214 Å². The molecule has 0 heteroatoms. The Hall–Kier alpha value is 0. The van der Waals surface area contributed by atoms with E-state index in [-0.39, 0.29) is 0 Å². The van der Waals surface area contributed by atoms with Crippen LogP contribution in [-0.4, -0.2) is 0 Å². The normalized spacial score (nSPS) is 8.65. The third-order valence-corrected chi connectivity index (χ3v) is 4.19. The van der Waals surface area contributed by atoms with Gasteiger partial charge >= 0.3 is 0 Å². The molecular weight excluding hydrogens is 408 g/mol. The SMILES string of the molecule is CC(C)C.CCC.CCC(C)C.CCCC.CCCCC.CCCCCC.CCCCCCC. The van der Waals surface area contributed by atoms with Crippen LogP contribution in [0.4, 0.5) is 0 Å². The molecule has 0 atom stereocenters. The van der Waals surface area contributed by atoms with Crippen LogP contribution >= 0.6 is 0 Å². The Morgan fingerprint density at radius 1 is 0.324 bits per heavy atom. The van der Waals surface area contributed by atoms with Gasteiger partial charge in [-0.2, -0.15) is 0 Å². The molecule has 0 aromatic heterocycles. The van der Waals surface area contributed by atoms with Crippen LogP contribution in [0.25, 0.3) is 0 Å². The van der Waals surface area contributed by atoms with Crippen LogP contribution in [-0.2, 0) is 0 Å². The van der Waals surface area contributed by atoms with Gasteiger partial charge in [-0.15, -0.1) is 0 Å². The lowest BCUT2D eigenvalue weighted by atomic mass is 10.2. The Morgan fingerprint density at radius 3 is 0.588 bits per heavy atom. The zero-order valence-corrected chi connectivity index (χ0v) is 28.5. The first-order chi connectivity index (χ1) is 16.1. The Morgan fingerprint density at radius 2 is 0.500 bits per heavy atom. The first kappa shape index (κ1) is 50.8. The van der Waals surface area contributed by atoms with Gasteiger partial charge in [0.05, 0.1) is 0 Å². The van der Waals surface area contributed by atoms with E-state index in [1.54, 1.807) is 0 Å². The maximum atomic E-state index is 2.25. The van der Waals surface area contributed by atoms with Crippen LogP contribution in [0.15, 0.2) is 0 Å². The number of unbranched alkanes of at least 4 members (excludes halogenated alkanes) is 10. The third kappa shape index (κ3) is 214. The molecule has 0 radical (unpaired) electrons. The fourth-order valence-corrected chi connectivity index (χ4v) is 1.53.